The molecule has 1 aliphatic rings. The van der Waals surface area contributed by atoms with Crippen LogP contribution in [0.3, 0.4) is 0 Å². The summed E-state index contributed by atoms with van der Waals surface area (Å²) in [5.41, 5.74) is -0.515. The van der Waals surface area contributed by atoms with Crippen molar-refractivity contribution in [2.24, 2.45) is 0 Å². The molecule has 0 bridgehead atoms. The van der Waals surface area contributed by atoms with E-state index in [1.807, 2.05) is 0 Å². The molecule has 0 saturated heterocycles. The Morgan fingerprint density at radius 2 is 1.86 bits per heavy atom. The Bertz CT molecular complexity index is 484. The minimum absolute atomic E-state index is 0.0710. The molecule has 2 rings (SSSR count). The van der Waals surface area contributed by atoms with E-state index in [9.17, 15) is 18.7 Å². The monoisotopic (exact) mass is 299 g/mol. The van der Waals surface area contributed by atoms with Crippen LogP contribution >= 0.6 is 0 Å². The van der Waals surface area contributed by atoms with Gasteiger partial charge in [-0.3, -0.25) is 4.79 Å². The lowest BCUT2D eigenvalue weighted by Gasteiger charge is -2.24. The molecule has 0 radical (unpaired) electrons. The minimum atomic E-state index is -2.86. The predicted molar refractivity (Wildman–Crippen MR) is 73.0 cm³/mol. The Morgan fingerprint density at radius 3 is 2.38 bits per heavy atom. The molecule has 1 unspecified atom stereocenters. The molecule has 0 heterocycles. The molecule has 0 spiro atoms. The number of amides is 1. The van der Waals surface area contributed by atoms with Crippen molar-refractivity contribution in [3.8, 4) is 5.75 Å². The SMILES string of the molecule is CC(NC(=O)C1(O)CCCC1)c1ccc(OC(F)F)cc1. The van der Waals surface area contributed by atoms with Gasteiger partial charge >= 0.3 is 6.61 Å². The predicted octanol–water partition coefficient (Wildman–Crippen LogP) is 2.77. The maximum absolute atomic E-state index is 12.1. The number of aliphatic hydroxyl groups is 1. The lowest BCUT2D eigenvalue weighted by atomic mass is 10.00. The van der Waals surface area contributed by atoms with Gasteiger partial charge in [0, 0.05) is 0 Å². The maximum Gasteiger partial charge on any atom is 0.387 e. The molecule has 1 aliphatic carbocycles. The van der Waals surface area contributed by atoms with E-state index < -0.39 is 12.2 Å². The number of carbonyl (C=O) groups excluding carboxylic acids is 1. The molecule has 1 atom stereocenters. The van der Waals surface area contributed by atoms with E-state index in [1.165, 1.54) is 12.1 Å². The highest BCUT2D eigenvalue weighted by Gasteiger charge is 2.39. The second kappa shape index (κ2) is 6.39. The lowest BCUT2D eigenvalue weighted by Crippen LogP contribution is -2.45. The number of carbonyl (C=O) groups is 1. The summed E-state index contributed by atoms with van der Waals surface area (Å²) < 4.78 is 28.4. The zero-order chi connectivity index (χ0) is 15.5. The van der Waals surface area contributed by atoms with Crippen LogP contribution in [0.2, 0.25) is 0 Å². The number of hydrogen-bond acceptors (Lipinski definition) is 3. The van der Waals surface area contributed by atoms with Crippen LogP contribution < -0.4 is 10.1 Å². The standard InChI is InChI=1S/C15H19F2NO3/c1-10(18-13(19)15(20)8-2-3-9-15)11-4-6-12(7-5-11)21-14(16)17/h4-7,10,14,20H,2-3,8-9H2,1H3,(H,18,19). The molecule has 0 aliphatic heterocycles. The quantitative estimate of drug-likeness (QED) is 0.879. The third-order valence-corrected chi connectivity index (χ3v) is 3.81. The summed E-state index contributed by atoms with van der Waals surface area (Å²) in [6.07, 6.45) is 2.65. The number of hydrogen-bond donors (Lipinski definition) is 2. The third-order valence-electron chi connectivity index (χ3n) is 3.81. The average Bonchev–Trinajstić information content (AvgIpc) is 2.87. The van der Waals surface area contributed by atoms with Gasteiger partial charge in [0.2, 0.25) is 0 Å². The van der Waals surface area contributed by atoms with Crippen LogP contribution in [-0.2, 0) is 4.79 Å². The fraction of sp³-hybridized carbons (Fsp3) is 0.533. The molecule has 1 fully saturated rings. The van der Waals surface area contributed by atoms with Crippen LogP contribution in [-0.4, -0.2) is 23.2 Å². The van der Waals surface area contributed by atoms with E-state index in [2.05, 4.69) is 10.1 Å². The lowest BCUT2D eigenvalue weighted by molar-refractivity contribution is -0.139. The number of nitrogens with one attached hydrogen (secondary N) is 1. The molecular weight excluding hydrogens is 280 g/mol. The molecule has 1 saturated carbocycles. The summed E-state index contributed by atoms with van der Waals surface area (Å²) in [4.78, 5) is 12.1. The summed E-state index contributed by atoms with van der Waals surface area (Å²) in [6, 6.07) is 5.76. The molecule has 116 valence electrons. The van der Waals surface area contributed by atoms with Gasteiger partial charge in [-0.2, -0.15) is 8.78 Å². The van der Waals surface area contributed by atoms with Gasteiger partial charge in [0.25, 0.3) is 5.91 Å². The Labute approximate surface area is 122 Å². The van der Waals surface area contributed by atoms with Crippen molar-refractivity contribution in [2.75, 3.05) is 0 Å². The molecule has 2 N–H and O–H groups in total. The van der Waals surface area contributed by atoms with Gasteiger partial charge in [-0.1, -0.05) is 12.1 Å². The second-order valence-corrected chi connectivity index (χ2v) is 5.38. The Kier molecular flexibility index (Phi) is 4.77. The highest BCUT2D eigenvalue weighted by atomic mass is 19.3. The van der Waals surface area contributed by atoms with Crippen LogP contribution in [0.5, 0.6) is 5.75 Å². The van der Waals surface area contributed by atoms with E-state index >= 15 is 0 Å². The topological polar surface area (TPSA) is 58.6 Å². The summed E-state index contributed by atoms with van der Waals surface area (Å²) >= 11 is 0. The van der Waals surface area contributed by atoms with E-state index in [1.54, 1.807) is 19.1 Å². The van der Waals surface area contributed by atoms with Crippen LogP contribution in [0.25, 0.3) is 0 Å². The van der Waals surface area contributed by atoms with Gasteiger partial charge in [0.15, 0.2) is 0 Å². The highest BCUT2D eigenvalue weighted by Crippen LogP contribution is 2.30. The number of benzene rings is 1. The average molecular weight is 299 g/mol. The van der Waals surface area contributed by atoms with Crippen LogP contribution in [0, 0.1) is 0 Å². The molecule has 1 aromatic rings. The summed E-state index contributed by atoms with van der Waals surface area (Å²) in [5, 5.41) is 12.9. The first-order valence-corrected chi connectivity index (χ1v) is 6.99. The summed E-state index contributed by atoms with van der Waals surface area (Å²) in [5.74, 6) is -0.304. The van der Waals surface area contributed by atoms with Crippen molar-refractivity contribution >= 4 is 5.91 Å². The fourth-order valence-electron chi connectivity index (χ4n) is 2.54. The molecule has 4 nitrogen and oxygen atoms in total. The Hall–Kier alpha value is -1.69. The first-order valence-electron chi connectivity index (χ1n) is 6.99. The van der Waals surface area contributed by atoms with Crippen molar-refractivity contribution in [1.29, 1.82) is 0 Å². The van der Waals surface area contributed by atoms with Crippen LogP contribution in [0.15, 0.2) is 24.3 Å². The summed E-state index contributed by atoms with van der Waals surface area (Å²) in [7, 11) is 0. The molecular formula is C15H19F2NO3. The molecule has 1 amide bonds. The summed E-state index contributed by atoms with van der Waals surface area (Å²) in [6.45, 7) is -1.08. The zero-order valence-corrected chi connectivity index (χ0v) is 11.8. The number of halogens is 2. The van der Waals surface area contributed by atoms with Crippen molar-refractivity contribution in [3.63, 3.8) is 0 Å². The van der Waals surface area contributed by atoms with Crippen molar-refractivity contribution in [3.05, 3.63) is 29.8 Å². The number of rotatable bonds is 5. The van der Waals surface area contributed by atoms with Crippen molar-refractivity contribution in [1.82, 2.24) is 5.32 Å². The molecule has 21 heavy (non-hydrogen) atoms. The van der Waals surface area contributed by atoms with Crippen molar-refractivity contribution < 1.29 is 23.4 Å². The minimum Gasteiger partial charge on any atom is -0.435 e. The van der Waals surface area contributed by atoms with E-state index in [-0.39, 0.29) is 17.7 Å². The first-order chi connectivity index (χ1) is 9.90. The second-order valence-electron chi connectivity index (χ2n) is 5.38. The third kappa shape index (κ3) is 3.91. The number of alkyl halides is 2. The van der Waals surface area contributed by atoms with E-state index in [4.69, 9.17) is 0 Å². The van der Waals surface area contributed by atoms with E-state index in [0.29, 0.717) is 12.8 Å². The first kappa shape index (κ1) is 15.7. The maximum atomic E-state index is 12.1. The van der Waals surface area contributed by atoms with Crippen molar-refractivity contribution in [2.45, 2.75) is 50.9 Å². The fourth-order valence-corrected chi connectivity index (χ4v) is 2.54. The molecule has 0 aromatic heterocycles. The van der Waals surface area contributed by atoms with Crippen LogP contribution in [0.1, 0.15) is 44.2 Å². The zero-order valence-electron chi connectivity index (χ0n) is 11.8. The molecule has 6 heteroatoms. The van der Waals surface area contributed by atoms with Gasteiger partial charge < -0.3 is 15.2 Å². The Balaban J connectivity index is 1.96. The van der Waals surface area contributed by atoms with Gasteiger partial charge in [0.05, 0.1) is 6.04 Å². The smallest absolute Gasteiger partial charge is 0.387 e. The normalized spacial score (nSPS) is 18.5. The van der Waals surface area contributed by atoms with E-state index in [0.717, 1.165) is 18.4 Å². The van der Waals surface area contributed by atoms with Crippen LogP contribution in [0.4, 0.5) is 8.78 Å². The highest BCUT2D eigenvalue weighted by molar-refractivity contribution is 5.85. The van der Waals surface area contributed by atoms with Gasteiger partial charge in [-0.05, 0) is 50.3 Å². The largest absolute Gasteiger partial charge is 0.435 e. The van der Waals surface area contributed by atoms with Gasteiger partial charge in [-0.15, -0.1) is 0 Å². The number of ether oxygens (including phenoxy) is 1. The van der Waals surface area contributed by atoms with Gasteiger partial charge in [-0.25, -0.2) is 0 Å². The molecule has 1 aromatic carbocycles. The van der Waals surface area contributed by atoms with Gasteiger partial charge in [0.1, 0.15) is 11.4 Å². The Morgan fingerprint density at radius 1 is 1.29 bits per heavy atom.